The molecular weight excluding hydrogens is 470 g/mol. The number of halogens is 1. The SMILES string of the molecule is COc1cccc(CCNC(=O)c2csc(C3CCN(C(=O)Cc4ccccc4Cl)CC3)n2)c1. The van der Waals surface area contributed by atoms with E-state index in [2.05, 4.69) is 10.3 Å². The zero-order valence-corrected chi connectivity index (χ0v) is 20.7. The van der Waals surface area contributed by atoms with E-state index in [0.717, 1.165) is 41.1 Å². The highest BCUT2D eigenvalue weighted by Crippen LogP contribution is 2.31. The van der Waals surface area contributed by atoms with Crippen LogP contribution < -0.4 is 10.1 Å². The fourth-order valence-electron chi connectivity index (χ4n) is 4.11. The van der Waals surface area contributed by atoms with E-state index in [4.69, 9.17) is 16.3 Å². The van der Waals surface area contributed by atoms with Gasteiger partial charge in [-0.1, -0.05) is 41.9 Å². The monoisotopic (exact) mass is 497 g/mol. The normalized spacial score (nSPS) is 14.1. The quantitative estimate of drug-likeness (QED) is 0.488. The lowest BCUT2D eigenvalue weighted by atomic mass is 9.97. The van der Waals surface area contributed by atoms with Crippen molar-refractivity contribution in [3.8, 4) is 5.75 Å². The van der Waals surface area contributed by atoms with Crippen molar-refractivity contribution in [2.45, 2.75) is 31.6 Å². The predicted octanol–water partition coefficient (Wildman–Crippen LogP) is 4.73. The third kappa shape index (κ3) is 6.15. The number of amides is 2. The standard InChI is InChI=1S/C26H28ClN3O3S/c1-33-21-7-4-5-18(15-21)9-12-28-25(32)23-17-34-26(29-23)19-10-13-30(14-11-19)24(31)16-20-6-2-3-8-22(20)27/h2-8,15,17,19H,9-14,16H2,1H3,(H,28,32). The third-order valence-corrected chi connectivity index (χ3v) is 7.46. The Morgan fingerprint density at radius 3 is 2.74 bits per heavy atom. The summed E-state index contributed by atoms with van der Waals surface area (Å²) >= 11 is 7.72. The van der Waals surface area contributed by atoms with Crippen molar-refractivity contribution in [2.24, 2.45) is 0 Å². The van der Waals surface area contributed by atoms with Crippen LogP contribution in [0.15, 0.2) is 53.9 Å². The average molecular weight is 498 g/mol. The van der Waals surface area contributed by atoms with Gasteiger partial charge in [0.2, 0.25) is 5.91 Å². The molecule has 0 atom stereocenters. The van der Waals surface area contributed by atoms with Gasteiger partial charge < -0.3 is 15.0 Å². The van der Waals surface area contributed by atoms with E-state index in [0.29, 0.717) is 36.8 Å². The number of thiazole rings is 1. The smallest absolute Gasteiger partial charge is 0.270 e. The summed E-state index contributed by atoms with van der Waals surface area (Å²) in [5, 5.41) is 6.37. The first-order valence-electron chi connectivity index (χ1n) is 11.4. The molecule has 1 aromatic heterocycles. The van der Waals surface area contributed by atoms with Gasteiger partial charge in [0.25, 0.3) is 5.91 Å². The van der Waals surface area contributed by atoms with E-state index < -0.39 is 0 Å². The van der Waals surface area contributed by atoms with Crippen LogP contribution >= 0.6 is 22.9 Å². The first-order valence-corrected chi connectivity index (χ1v) is 12.7. The van der Waals surface area contributed by atoms with Crippen LogP contribution in [-0.4, -0.2) is 48.4 Å². The Kier molecular flexibility index (Phi) is 8.19. The minimum absolute atomic E-state index is 0.0989. The molecule has 1 aliphatic heterocycles. The lowest BCUT2D eigenvalue weighted by Gasteiger charge is -2.31. The van der Waals surface area contributed by atoms with Crippen LogP contribution in [0.3, 0.4) is 0 Å². The Balaban J connectivity index is 1.24. The number of likely N-dealkylation sites (tertiary alicyclic amines) is 1. The molecule has 2 heterocycles. The number of ether oxygens (including phenoxy) is 1. The molecule has 3 aromatic rings. The van der Waals surface area contributed by atoms with Crippen LogP contribution in [0.5, 0.6) is 5.75 Å². The van der Waals surface area contributed by atoms with Gasteiger partial charge in [-0.25, -0.2) is 4.98 Å². The van der Waals surface area contributed by atoms with Gasteiger partial charge in [-0.05, 0) is 48.6 Å². The van der Waals surface area contributed by atoms with E-state index in [-0.39, 0.29) is 17.7 Å². The minimum Gasteiger partial charge on any atom is -0.497 e. The Morgan fingerprint density at radius 2 is 1.97 bits per heavy atom. The second-order valence-electron chi connectivity index (χ2n) is 8.35. The van der Waals surface area contributed by atoms with E-state index in [9.17, 15) is 9.59 Å². The number of nitrogens with one attached hydrogen (secondary N) is 1. The lowest BCUT2D eigenvalue weighted by molar-refractivity contribution is -0.131. The van der Waals surface area contributed by atoms with Crippen molar-refractivity contribution in [2.75, 3.05) is 26.7 Å². The number of hydrogen-bond acceptors (Lipinski definition) is 5. The van der Waals surface area contributed by atoms with Crippen molar-refractivity contribution in [1.82, 2.24) is 15.2 Å². The molecule has 0 bridgehead atoms. The van der Waals surface area contributed by atoms with Crippen LogP contribution in [-0.2, 0) is 17.6 Å². The zero-order valence-electron chi connectivity index (χ0n) is 19.1. The van der Waals surface area contributed by atoms with Gasteiger partial charge in [0, 0.05) is 36.0 Å². The van der Waals surface area contributed by atoms with Crippen LogP contribution in [0.2, 0.25) is 5.02 Å². The highest BCUT2D eigenvalue weighted by molar-refractivity contribution is 7.09. The molecule has 0 unspecified atom stereocenters. The lowest BCUT2D eigenvalue weighted by Crippen LogP contribution is -2.38. The highest BCUT2D eigenvalue weighted by Gasteiger charge is 2.26. The summed E-state index contributed by atoms with van der Waals surface area (Å²) in [7, 11) is 1.64. The number of carbonyl (C=O) groups excluding carboxylic acids is 2. The van der Waals surface area contributed by atoms with Gasteiger partial charge in [0.15, 0.2) is 0 Å². The molecule has 2 aromatic carbocycles. The largest absolute Gasteiger partial charge is 0.497 e. The Morgan fingerprint density at radius 1 is 1.18 bits per heavy atom. The molecule has 8 heteroatoms. The van der Waals surface area contributed by atoms with Gasteiger partial charge in [-0.2, -0.15) is 0 Å². The molecule has 2 amide bonds. The van der Waals surface area contributed by atoms with Crippen molar-refractivity contribution in [1.29, 1.82) is 0 Å². The number of aromatic nitrogens is 1. The summed E-state index contributed by atoms with van der Waals surface area (Å²) in [6, 6.07) is 15.3. The van der Waals surface area contributed by atoms with E-state index in [1.165, 1.54) is 11.3 Å². The fraction of sp³-hybridized carbons (Fsp3) is 0.346. The number of hydrogen-bond donors (Lipinski definition) is 1. The van der Waals surface area contributed by atoms with Crippen LogP contribution in [0.4, 0.5) is 0 Å². The molecule has 1 fully saturated rings. The van der Waals surface area contributed by atoms with Crippen molar-refractivity contribution < 1.29 is 14.3 Å². The number of benzene rings is 2. The number of nitrogens with zero attached hydrogens (tertiary/aromatic N) is 2. The Hall–Kier alpha value is -2.90. The summed E-state index contributed by atoms with van der Waals surface area (Å²) in [6.45, 7) is 1.91. The van der Waals surface area contributed by atoms with Crippen molar-refractivity contribution in [3.63, 3.8) is 0 Å². The third-order valence-electron chi connectivity index (χ3n) is 6.08. The first-order chi connectivity index (χ1) is 16.5. The molecule has 0 radical (unpaired) electrons. The van der Waals surface area contributed by atoms with Crippen molar-refractivity contribution >= 4 is 34.8 Å². The molecule has 1 aliphatic rings. The maximum Gasteiger partial charge on any atom is 0.270 e. The van der Waals surface area contributed by atoms with E-state index in [1.807, 2.05) is 58.8 Å². The van der Waals surface area contributed by atoms with Gasteiger partial charge in [0.05, 0.1) is 18.5 Å². The average Bonchev–Trinajstić information content (AvgIpc) is 3.36. The summed E-state index contributed by atoms with van der Waals surface area (Å²) in [4.78, 5) is 31.7. The van der Waals surface area contributed by atoms with E-state index >= 15 is 0 Å². The first kappa shape index (κ1) is 24.2. The minimum atomic E-state index is -0.155. The number of piperidine rings is 1. The molecule has 34 heavy (non-hydrogen) atoms. The number of methoxy groups -OCH3 is 1. The Labute approximate surface area is 208 Å². The number of carbonyl (C=O) groups is 2. The van der Waals surface area contributed by atoms with Gasteiger partial charge in [-0.3, -0.25) is 9.59 Å². The van der Waals surface area contributed by atoms with Gasteiger partial charge >= 0.3 is 0 Å². The summed E-state index contributed by atoms with van der Waals surface area (Å²) in [5.41, 5.74) is 2.43. The summed E-state index contributed by atoms with van der Waals surface area (Å²) in [5.74, 6) is 1.02. The van der Waals surface area contributed by atoms with Crippen LogP contribution in [0.1, 0.15) is 45.4 Å². The Bertz CT molecular complexity index is 1140. The molecule has 178 valence electrons. The molecule has 6 nitrogen and oxygen atoms in total. The zero-order chi connectivity index (χ0) is 23.9. The molecule has 0 aliphatic carbocycles. The fourth-order valence-corrected chi connectivity index (χ4v) is 5.28. The van der Waals surface area contributed by atoms with E-state index in [1.54, 1.807) is 7.11 Å². The van der Waals surface area contributed by atoms with Crippen LogP contribution in [0, 0.1) is 0 Å². The number of rotatable bonds is 8. The summed E-state index contributed by atoms with van der Waals surface area (Å²) < 4.78 is 5.24. The highest BCUT2D eigenvalue weighted by atomic mass is 35.5. The second kappa shape index (κ2) is 11.5. The topological polar surface area (TPSA) is 71.5 Å². The maximum absolute atomic E-state index is 12.7. The molecule has 1 saturated heterocycles. The van der Waals surface area contributed by atoms with Crippen LogP contribution in [0.25, 0.3) is 0 Å². The molecule has 0 spiro atoms. The summed E-state index contributed by atoms with van der Waals surface area (Å²) in [6.07, 6.45) is 2.74. The molecular formula is C26H28ClN3O3S. The van der Waals surface area contributed by atoms with Gasteiger partial charge in [0.1, 0.15) is 11.4 Å². The molecule has 1 N–H and O–H groups in total. The predicted molar refractivity (Wildman–Crippen MR) is 135 cm³/mol. The van der Waals surface area contributed by atoms with Gasteiger partial charge in [-0.15, -0.1) is 11.3 Å². The molecule has 0 saturated carbocycles. The maximum atomic E-state index is 12.7. The second-order valence-corrected chi connectivity index (χ2v) is 9.65. The van der Waals surface area contributed by atoms with Crippen molar-refractivity contribution in [3.05, 3.63) is 80.8 Å². The molecule has 4 rings (SSSR count).